The van der Waals surface area contributed by atoms with Crippen LogP contribution in [0.4, 0.5) is 0 Å². The number of hydrogen-bond donors (Lipinski definition) is 0. The van der Waals surface area contributed by atoms with Crippen LogP contribution in [-0.4, -0.2) is 9.30 Å². The summed E-state index contributed by atoms with van der Waals surface area (Å²) in [7, 11) is 0. The van der Waals surface area contributed by atoms with E-state index in [9.17, 15) is 0 Å². The van der Waals surface area contributed by atoms with Crippen molar-refractivity contribution in [3.05, 3.63) is 30.6 Å². The maximum Gasteiger partial charge on any atom is 0.0297 e. The SMILES string of the molecule is S=C=S.c1ccncc1. The lowest BCUT2D eigenvalue weighted by atomic mass is 10.5. The third-order valence-corrected chi connectivity index (χ3v) is 0.566. The molecule has 1 nitrogen and oxygen atoms in total. The predicted octanol–water partition coefficient (Wildman–Crippen LogP) is 2.10. The zero-order valence-electron chi connectivity index (χ0n) is 4.65. The Hall–Kier alpha value is -0.630. The molecule has 46 valence electrons. The van der Waals surface area contributed by atoms with Crippen LogP contribution in [0.3, 0.4) is 0 Å². The average Bonchev–Trinajstić information content (AvgIpc) is 1.93. The van der Waals surface area contributed by atoms with Crippen molar-refractivity contribution in [2.24, 2.45) is 0 Å². The van der Waals surface area contributed by atoms with Crippen LogP contribution in [0.2, 0.25) is 0 Å². The first-order valence-corrected chi connectivity index (χ1v) is 3.07. The van der Waals surface area contributed by atoms with Crippen LogP contribution in [0, 0.1) is 0 Å². The number of nitrogens with zero attached hydrogens (tertiary/aromatic N) is 1. The van der Waals surface area contributed by atoms with Gasteiger partial charge in [-0.1, -0.05) is 6.07 Å². The predicted molar refractivity (Wildman–Crippen MR) is 44.4 cm³/mol. The second kappa shape index (κ2) is 7.37. The zero-order valence-corrected chi connectivity index (χ0v) is 6.28. The molecule has 0 saturated heterocycles. The Bertz CT molecular complexity index is 141. The number of pyridine rings is 1. The van der Waals surface area contributed by atoms with Crippen LogP contribution in [0.5, 0.6) is 0 Å². The number of rotatable bonds is 0. The maximum absolute atomic E-state index is 3.96. The highest BCUT2D eigenvalue weighted by atomic mass is 32.1. The number of hydrogen-bond acceptors (Lipinski definition) is 3. The fourth-order valence-corrected chi connectivity index (χ4v) is 0.313. The van der Waals surface area contributed by atoms with Gasteiger partial charge in [0, 0.05) is 16.7 Å². The molecule has 0 spiro atoms. The van der Waals surface area contributed by atoms with Gasteiger partial charge >= 0.3 is 0 Å². The molecule has 0 N–H and O–H groups in total. The minimum atomic E-state index is 1.75. The van der Waals surface area contributed by atoms with Gasteiger partial charge < -0.3 is 0 Å². The van der Waals surface area contributed by atoms with Crippen LogP contribution in [0.15, 0.2) is 30.6 Å². The van der Waals surface area contributed by atoms with Gasteiger partial charge in [-0.3, -0.25) is 4.98 Å². The van der Waals surface area contributed by atoms with Gasteiger partial charge in [-0.25, -0.2) is 0 Å². The summed E-state index contributed by atoms with van der Waals surface area (Å²) in [6.07, 6.45) is 3.50. The van der Waals surface area contributed by atoms with Crippen LogP contribution in [-0.2, 0) is 0 Å². The van der Waals surface area contributed by atoms with Crippen molar-refractivity contribution in [2.45, 2.75) is 0 Å². The van der Waals surface area contributed by atoms with Gasteiger partial charge in [0.25, 0.3) is 0 Å². The van der Waals surface area contributed by atoms with E-state index >= 15 is 0 Å². The van der Waals surface area contributed by atoms with E-state index in [4.69, 9.17) is 0 Å². The van der Waals surface area contributed by atoms with Crippen molar-refractivity contribution in [3.8, 4) is 0 Å². The molecule has 1 aromatic rings. The smallest absolute Gasteiger partial charge is 0.0297 e. The van der Waals surface area contributed by atoms with Gasteiger partial charge in [-0.2, -0.15) is 0 Å². The molecule has 3 heteroatoms. The van der Waals surface area contributed by atoms with Gasteiger partial charge in [0.15, 0.2) is 0 Å². The third-order valence-electron chi connectivity index (χ3n) is 0.566. The average molecular weight is 155 g/mol. The number of aromatic nitrogens is 1. The summed E-state index contributed by atoms with van der Waals surface area (Å²) in [4.78, 5) is 3.78. The summed E-state index contributed by atoms with van der Waals surface area (Å²) >= 11 is 7.92. The summed E-state index contributed by atoms with van der Waals surface area (Å²) in [5, 5.41) is 0. The monoisotopic (exact) mass is 155 g/mol. The van der Waals surface area contributed by atoms with E-state index in [0.29, 0.717) is 0 Å². The first-order valence-electron chi connectivity index (χ1n) is 2.26. The Balaban J connectivity index is 0.000000187. The van der Waals surface area contributed by atoms with Crippen molar-refractivity contribution >= 4 is 28.7 Å². The molecule has 0 radical (unpaired) electrons. The molecule has 0 aromatic carbocycles. The normalized spacial score (nSPS) is 6.22. The molecule has 0 bridgehead atoms. The molecule has 0 amide bonds. The Morgan fingerprint density at radius 1 is 1.00 bits per heavy atom. The Morgan fingerprint density at radius 2 is 1.44 bits per heavy atom. The highest BCUT2D eigenvalue weighted by molar-refractivity contribution is 7.93. The highest BCUT2D eigenvalue weighted by Crippen LogP contribution is 1.73. The quantitative estimate of drug-likeness (QED) is 0.532. The van der Waals surface area contributed by atoms with Crippen LogP contribution in [0.1, 0.15) is 0 Å². The van der Waals surface area contributed by atoms with Crippen molar-refractivity contribution in [1.29, 1.82) is 0 Å². The highest BCUT2D eigenvalue weighted by Gasteiger charge is 1.58. The van der Waals surface area contributed by atoms with E-state index in [0.717, 1.165) is 0 Å². The molecule has 0 fully saturated rings. The largest absolute Gasteiger partial charge is 0.265 e. The van der Waals surface area contributed by atoms with E-state index in [1.807, 2.05) is 22.5 Å². The van der Waals surface area contributed by atoms with Gasteiger partial charge in [-0.05, 0) is 36.6 Å². The second-order valence-electron chi connectivity index (χ2n) is 1.11. The molecule has 1 rings (SSSR count). The molecular weight excluding hydrogens is 150 g/mol. The summed E-state index contributed by atoms with van der Waals surface area (Å²) in [5.41, 5.74) is 0. The first-order chi connectivity index (χ1) is 4.41. The summed E-state index contributed by atoms with van der Waals surface area (Å²) in [6.45, 7) is 0. The molecule has 0 atom stereocenters. The Morgan fingerprint density at radius 3 is 1.56 bits per heavy atom. The fraction of sp³-hybridized carbons (Fsp3) is 0. The van der Waals surface area contributed by atoms with Crippen molar-refractivity contribution < 1.29 is 0 Å². The molecule has 0 unspecified atom stereocenters. The third kappa shape index (κ3) is 7.37. The van der Waals surface area contributed by atoms with Crippen molar-refractivity contribution in [2.75, 3.05) is 0 Å². The number of thiocarbonyl (C=S) groups is 2. The summed E-state index contributed by atoms with van der Waals surface area (Å²) < 4.78 is 1.92. The van der Waals surface area contributed by atoms with Crippen LogP contribution >= 0.6 is 24.4 Å². The standard InChI is InChI=1S/C5H5N.CS2/c1-2-4-6-5-3-1;2-1-3/h1-5H;. The Labute approximate surface area is 64.7 Å². The topological polar surface area (TPSA) is 12.9 Å². The lowest BCUT2D eigenvalue weighted by molar-refractivity contribution is 1.33. The van der Waals surface area contributed by atoms with Crippen molar-refractivity contribution in [3.63, 3.8) is 0 Å². The van der Waals surface area contributed by atoms with Gasteiger partial charge in [0.05, 0.1) is 0 Å². The zero-order chi connectivity index (χ0) is 6.95. The molecular formula is C6H5NS2. The summed E-state index contributed by atoms with van der Waals surface area (Å²) in [5.74, 6) is 0. The molecule has 1 heterocycles. The van der Waals surface area contributed by atoms with E-state index < -0.39 is 0 Å². The van der Waals surface area contributed by atoms with Crippen molar-refractivity contribution in [1.82, 2.24) is 4.98 Å². The maximum atomic E-state index is 3.96. The molecule has 0 aliphatic carbocycles. The van der Waals surface area contributed by atoms with Crippen LogP contribution in [0.25, 0.3) is 0 Å². The van der Waals surface area contributed by atoms with E-state index in [-0.39, 0.29) is 0 Å². The van der Waals surface area contributed by atoms with E-state index in [1.54, 1.807) is 12.4 Å². The minimum absolute atomic E-state index is 1.75. The lowest BCUT2D eigenvalue weighted by Crippen LogP contribution is -1.58. The second-order valence-corrected chi connectivity index (χ2v) is 1.77. The summed E-state index contributed by atoms with van der Waals surface area (Å²) in [6, 6.07) is 5.72. The molecule has 0 aliphatic rings. The molecule has 9 heavy (non-hydrogen) atoms. The van der Waals surface area contributed by atoms with E-state index in [2.05, 4.69) is 29.4 Å². The molecule has 0 saturated carbocycles. The minimum Gasteiger partial charge on any atom is -0.265 e. The van der Waals surface area contributed by atoms with Gasteiger partial charge in [0.1, 0.15) is 0 Å². The van der Waals surface area contributed by atoms with E-state index in [1.165, 1.54) is 0 Å². The van der Waals surface area contributed by atoms with Crippen LogP contribution < -0.4 is 0 Å². The lowest BCUT2D eigenvalue weighted by Gasteiger charge is -1.70. The fourth-order valence-electron chi connectivity index (χ4n) is 0.313. The molecule has 0 aliphatic heterocycles. The first kappa shape index (κ1) is 8.37. The van der Waals surface area contributed by atoms with Gasteiger partial charge in [-0.15, -0.1) is 0 Å². The van der Waals surface area contributed by atoms with Gasteiger partial charge in [0.2, 0.25) is 0 Å². The molecule has 1 aromatic heterocycles. The Kier molecular flexibility index (Phi) is 6.85.